The number of hydrogen-bond acceptors (Lipinski definition) is 2. The number of amides is 2. The normalized spacial score (nSPS) is 9.82. The monoisotopic (exact) mass is 240 g/mol. The van der Waals surface area contributed by atoms with E-state index in [-0.39, 0.29) is 25.2 Å². The van der Waals surface area contributed by atoms with Crippen LogP contribution in [-0.2, 0) is 4.79 Å². The zero-order valence-corrected chi connectivity index (χ0v) is 10.4. The smallest absolute Gasteiger partial charge is 0.323 e. The molecule has 2 amide bonds. The van der Waals surface area contributed by atoms with Crippen molar-refractivity contribution in [3.8, 4) is 0 Å². The molecule has 0 spiro atoms. The van der Waals surface area contributed by atoms with Gasteiger partial charge in [-0.05, 0) is 13.8 Å². The fourth-order valence-corrected chi connectivity index (χ4v) is 1.36. The fourth-order valence-electron chi connectivity index (χ4n) is 1.36. The SMILES string of the molecule is C=CCN(CC(=O)O)C(=O)N(CC=C)C(C)C. The van der Waals surface area contributed by atoms with Crippen LogP contribution in [0.2, 0.25) is 0 Å². The van der Waals surface area contributed by atoms with Crippen LogP contribution in [0.4, 0.5) is 4.79 Å². The number of carbonyl (C=O) groups excluding carboxylic acids is 1. The molecule has 0 saturated carbocycles. The van der Waals surface area contributed by atoms with Crippen molar-refractivity contribution in [2.45, 2.75) is 19.9 Å². The Kier molecular flexibility index (Phi) is 6.70. The second-order valence-electron chi connectivity index (χ2n) is 3.88. The standard InChI is InChI=1S/C12H20N2O3/c1-5-7-13(9-11(15)16)12(17)14(8-6-2)10(3)4/h5-6,10H,1-2,7-9H2,3-4H3,(H,15,16). The van der Waals surface area contributed by atoms with Crippen LogP contribution in [0.1, 0.15) is 13.8 Å². The Morgan fingerprint density at radius 1 is 1.24 bits per heavy atom. The first-order chi connectivity index (χ1) is 7.93. The number of rotatable bonds is 7. The van der Waals surface area contributed by atoms with Crippen LogP contribution < -0.4 is 0 Å². The molecule has 0 saturated heterocycles. The number of urea groups is 1. The summed E-state index contributed by atoms with van der Waals surface area (Å²) in [6.45, 7) is 11.1. The number of carboxylic acid groups (broad SMARTS) is 1. The maximum absolute atomic E-state index is 12.1. The summed E-state index contributed by atoms with van der Waals surface area (Å²) in [6.07, 6.45) is 3.12. The van der Waals surface area contributed by atoms with Gasteiger partial charge < -0.3 is 14.9 Å². The molecule has 5 heteroatoms. The van der Waals surface area contributed by atoms with E-state index in [1.165, 1.54) is 11.0 Å². The second-order valence-corrected chi connectivity index (χ2v) is 3.88. The molecule has 17 heavy (non-hydrogen) atoms. The van der Waals surface area contributed by atoms with Gasteiger partial charge in [-0.25, -0.2) is 4.79 Å². The zero-order chi connectivity index (χ0) is 13.4. The van der Waals surface area contributed by atoms with Crippen molar-refractivity contribution >= 4 is 12.0 Å². The highest BCUT2D eigenvalue weighted by Crippen LogP contribution is 2.05. The van der Waals surface area contributed by atoms with E-state index >= 15 is 0 Å². The summed E-state index contributed by atoms with van der Waals surface area (Å²) in [7, 11) is 0. The molecule has 0 aromatic carbocycles. The summed E-state index contributed by atoms with van der Waals surface area (Å²) in [6, 6.07) is -0.330. The van der Waals surface area contributed by atoms with Gasteiger partial charge in [0.2, 0.25) is 0 Å². The molecule has 0 fully saturated rings. The van der Waals surface area contributed by atoms with Crippen molar-refractivity contribution in [2.75, 3.05) is 19.6 Å². The minimum absolute atomic E-state index is 0.0124. The molecule has 0 aromatic heterocycles. The minimum Gasteiger partial charge on any atom is -0.480 e. The molecule has 5 nitrogen and oxygen atoms in total. The average molecular weight is 240 g/mol. The number of aliphatic carboxylic acids is 1. The van der Waals surface area contributed by atoms with E-state index in [1.807, 2.05) is 13.8 Å². The van der Waals surface area contributed by atoms with E-state index < -0.39 is 5.97 Å². The number of carbonyl (C=O) groups is 2. The molecule has 0 rings (SSSR count). The predicted octanol–water partition coefficient (Wildman–Crippen LogP) is 1.58. The van der Waals surface area contributed by atoms with E-state index in [2.05, 4.69) is 13.2 Å². The number of carboxylic acids is 1. The van der Waals surface area contributed by atoms with E-state index in [0.29, 0.717) is 6.54 Å². The zero-order valence-electron chi connectivity index (χ0n) is 10.4. The molecule has 0 aliphatic carbocycles. The Morgan fingerprint density at radius 2 is 1.76 bits per heavy atom. The van der Waals surface area contributed by atoms with Crippen molar-refractivity contribution in [1.29, 1.82) is 0 Å². The van der Waals surface area contributed by atoms with E-state index in [9.17, 15) is 9.59 Å². The molecule has 0 heterocycles. The van der Waals surface area contributed by atoms with Crippen molar-refractivity contribution < 1.29 is 14.7 Å². The maximum atomic E-state index is 12.1. The summed E-state index contributed by atoms with van der Waals surface area (Å²) < 4.78 is 0. The lowest BCUT2D eigenvalue weighted by Gasteiger charge is -2.31. The fraction of sp³-hybridized carbons (Fsp3) is 0.500. The van der Waals surface area contributed by atoms with Crippen LogP contribution in [0, 0.1) is 0 Å². The maximum Gasteiger partial charge on any atom is 0.323 e. The molecular weight excluding hydrogens is 220 g/mol. The van der Waals surface area contributed by atoms with Crippen molar-refractivity contribution in [1.82, 2.24) is 9.80 Å². The highest BCUT2D eigenvalue weighted by atomic mass is 16.4. The summed E-state index contributed by atoms with van der Waals surface area (Å²) >= 11 is 0. The van der Waals surface area contributed by atoms with Gasteiger partial charge in [0.05, 0.1) is 0 Å². The van der Waals surface area contributed by atoms with Gasteiger partial charge in [-0.2, -0.15) is 0 Å². The van der Waals surface area contributed by atoms with Crippen LogP contribution in [0.15, 0.2) is 25.3 Å². The molecule has 96 valence electrons. The van der Waals surface area contributed by atoms with E-state index in [4.69, 9.17) is 5.11 Å². The highest BCUT2D eigenvalue weighted by molar-refractivity contribution is 5.80. The van der Waals surface area contributed by atoms with Gasteiger partial charge >= 0.3 is 12.0 Å². The van der Waals surface area contributed by atoms with Crippen molar-refractivity contribution in [3.05, 3.63) is 25.3 Å². The lowest BCUT2D eigenvalue weighted by molar-refractivity contribution is -0.137. The Balaban J connectivity index is 4.81. The predicted molar refractivity (Wildman–Crippen MR) is 66.8 cm³/mol. The van der Waals surface area contributed by atoms with Gasteiger partial charge in [-0.1, -0.05) is 12.2 Å². The summed E-state index contributed by atoms with van der Waals surface area (Å²) in [5.41, 5.74) is 0. The topological polar surface area (TPSA) is 60.9 Å². The van der Waals surface area contributed by atoms with Crippen LogP contribution in [0.5, 0.6) is 0 Å². The summed E-state index contributed by atoms with van der Waals surface area (Å²) in [4.78, 5) is 25.6. The van der Waals surface area contributed by atoms with Gasteiger partial charge in [0.15, 0.2) is 0 Å². The van der Waals surface area contributed by atoms with Crippen molar-refractivity contribution in [3.63, 3.8) is 0 Å². The molecule has 1 N–H and O–H groups in total. The summed E-state index contributed by atoms with van der Waals surface area (Å²) in [5, 5.41) is 8.74. The third-order valence-corrected chi connectivity index (χ3v) is 2.14. The third kappa shape index (κ3) is 5.19. The highest BCUT2D eigenvalue weighted by Gasteiger charge is 2.22. The lowest BCUT2D eigenvalue weighted by Crippen LogP contribution is -2.48. The van der Waals surface area contributed by atoms with Crippen LogP contribution in [0.3, 0.4) is 0 Å². The first kappa shape index (κ1) is 15.2. The Bertz CT molecular complexity index is 300. The van der Waals surface area contributed by atoms with Gasteiger partial charge in [0.25, 0.3) is 0 Å². The molecule has 0 atom stereocenters. The lowest BCUT2D eigenvalue weighted by atomic mass is 10.3. The number of nitrogens with zero attached hydrogens (tertiary/aromatic N) is 2. The minimum atomic E-state index is -1.04. The largest absolute Gasteiger partial charge is 0.480 e. The van der Waals surface area contributed by atoms with Crippen LogP contribution in [0.25, 0.3) is 0 Å². The molecular formula is C12H20N2O3. The van der Waals surface area contributed by atoms with Gasteiger partial charge in [-0.15, -0.1) is 13.2 Å². The van der Waals surface area contributed by atoms with Crippen LogP contribution in [-0.4, -0.2) is 52.6 Å². The Hall–Kier alpha value is -1.78. The molecule has 0 aromatic rings. The Labute approximate surface area is 102 Å². The number of hydrogen-bond donors (Lipinski definition) is 1. The first-order valence-corrected chi connectivity index (χ1v) is 5.43. The van der Waals surface area contributed by atoms with Gasteiger partial charge in [0.1, 0.15) is 6.54 Å². The molecule has 0 bridgehead atoms. The average Bonchev–Trinajstić information content (AvgIpc) is 2.23. The molecule has 0 unspecified atom stereocenters. The van der Waals surface area contributed by atoms with Gasteiger partial charge in [-0.3, -0.25) is 4.79 Å². The molecule has 0 aliphatic heterocycles. The van der Waals surface area contributed by atoms with E-state index in [1.54, 1.807) is 11.0 Å². The summed E-state index contributed by atoms with van der Waals surface area (Å²) in [5.74, 6) is -1.04. The van der Waals surface area contributed by atoms with Crippen molar-refractivity contribution in [2.24, 2.45) is 0 Å². The van der Waals surface area contributed by atoms with E-state index in [0.717, 1.165) is 0 Å². The first-order valence-electron chi connectivity index (χ1n) is 5.43. The van der Waals surface area contributed by atoms with Crippen LogP contribution >= 0.6 is 0 Å². The Morgan fingerprint density at radius 3 is 2.12 bits per heavy atom. The molecule has 0 aliphatic rings. The van der Waals surface area contributed by atoms with Gasteiger partial charge in [0, 0.05) is 19.1 Å². The second kappa shape index (κ2) is 7.49. The quantitative estimate of drug-likeness (QED) is 0.687. The molecule has 0 radical (unpaired) electrons. The third-order valence-electron chi connectivity index (χ3n) is 2.14.